The lowest BCUT2D eigenvalue weighted by atomic mass is 10.2. The van der Waals surface area contributed by atoms with Gasteiger partial charge in [0.1, 0.15) is 6.61 Å². The van der Waals surface area contributed by atoms with Crippen LogP contribution in [0.25, 0.3) is 0 Å². The number of anilines is 1. The first-order valence-electron chi connectivity index (χ1n) is 7.04. The van der Waals surface area contributed by atoms with Crippen LogP contribution in [0.2, 0.25) is 0 Å². The first-order valence-corrected chi connectivity index (χ1v) is 8.02. The molecule has 0 aliphatic heterocycles. The van der Waals surface area contributed by atoms with Crippen LogP contribution < -0.4 is 5.73 Å². The van der Waals surface area contributed by atoms with E-state index in [0.717, 1.165) is 30.3 Å². The molecule has 0 aliphatic carbocycles. The lowest BCUT2D eigenvalue weighted by Crippen LogP contribution is -2.27. The van der Waals surface area contributed by atoms with E-state index in [4.69, 9.17) is 10.5 Å². The van der Waals surface area contributed by atoms with Crippen molar-refractivity contribution in [2.75, 3.05) is 37.7 Å². The van der Waals surface area contributed by atoms with Crippen molar-refractivity contribution in [3.05, 3.63) is 23.8 Å². The highest BCUT2D eigenvalue weighted by molar-refractivity contribution is 7.99. The predicted octanol–water partition coefficient (Wildman–Crippen LogP) is 2.88. The summed E-state index contributed by atoms with van der Waals surface area (Å²) in [6, 6.07) is 5.29. The van der Waals surface area contributed by atoms with E-state index < -0.39 is 0 Å². The summed E-state index contributed by atoms with van der Waals surface area (Å²) >= 11 is 1.63. The van der Waals surface area contributed by atoms with Crippen LogP contribution >= 0.6 is 11.8 Å². The maximum absolute atomic E-state index is 12.0. The Balaban J connectivity index is 2.57. The molecule has 0 atom stereocenters. The summed E-state index contributed by atoms with van der Waals surface area (Å²) in [5, 5.41) is 0. The van der Waals surface area contributed by atoms with E-state index in [9.17, 15) is 4.79 Å². The monoisotopic (exact) mass is 296 g/mol. The van der Waals surface area contributed by atoms with E-state index in [2.05, 4.69) is 25.7 Å². The summed E-state index contributed by atoms with van der Waals surface area (Å²) in [5.74, 6) is 0.639. The van der Waals surface area contributed by atoms with Crippen molar-refractivity contribution >= 4 is 23.4 Å². The highest BCUT2D eigenvalue weighted by atomic mass is 32.2. The number of nitrogen functional groups attached to an aromatic ring is 1. The maximum Gasteiger partial charge on any atom is 0.338 e. The molecular weight excluding hydrogens is 272 g/mol. The van der Waals surface area contributed by atoms with E-state index in [-0.39, 0.29) is 5.97 Å². The van der Waals surface area contributed by atoms with E-state index in [1.165, 1.54) is 0 Å². The normalized spacial score (nSPS) is 10.8. The molecule has 1 rings (SSSR count). The number of carbonyl (C=O) groups excluding carboxylic acids is 1. The first-order chi connectivity index (χ1) is 9.62. The summed E-state index contributed by atoms with van der Waals surface area (Å²) in [6.07, 6.45) is 0. The van der Waals surface area contributed by atoms with Gasteiger partial charge in [-0.1, -0.05) is 20.8 Å². The van der Waals surface area contributed by atoms with Gasteiger partial charge in [-0.15, -0.1) is 11.8 Å². The standard InChI is InChI=1S/C15H24N2O2S/c1-4-17(5-2)9-10-19-15(18)12-7-8-13(16)14(11-12)20-6-3/h7-8,11H,4-6,9-10,16H2,1-3H3. The van der Waals surface area contributed by atoms with Crippen LogP contribution in [-0.2, 0) is 4.74 Å². The van der Waals surface area contributed by atoms with Crippen LogP contribution in [0, 0.1) is 0 Å². The highest BCUT2D eigenvalue weighted by Gasteiger charge is 2.10. The van der Waals surface area contributed by atoms with Crippen LogP contribution in [-0.4, -0.2) is 42.9 Å². The number of nitrogens with two attached hydrogens (primary N) is 1. The minimum atomic E-state index is -0.282. The Labute approximate surface area is 125 Å². The zero-order valence-electron chi connectivity index (χ0n) is 12.5. The Morgan fingerprint density at radius 1 is 1.30 bits per heavy atom. The van der Waals surface area contributed by atoms with E-state index in [1.807, 2.05) is 6.07 Å². The highest BCUT2D eigenvalue weighted by Crippen LogP contribution is 2.26. The van der Waals surface area contributed by atoms with Gasteiger partial charge in [0, 0.05) is 17.1 Å². The average Bonchev–Trinajstić information content (AvgIpc) is 2.46. The zero-order valence-corrected chi connectivity index (χ0v) is 13.3. The number of nitrogens with zero attached hydrogens (tertiary/aromatic N) is 1. The lowest BCUT2D eigenvalue weighted by molar-refractivity contribution is 0.0466. The number of thioether (sulfide) groups is 1. The Kier molecular flexibility index (Phi) is 7.47. The number of benzene rings is 1. The smallest absolute Gasteiger partial charge is 0.338 e. The van der Waals surface area contributed by atoms with Crippen LogP contribution in [0.4, 0.5) is 5.69 Å². The van der Waals surface area contributed by atoms with Crippen LogP contribution in [0.3, 0.4) is 0 Å². The van der Waals surface area contributed by atoms with Gasteiger partial charge in [0.15, 0.2) is 0 Å². The second-order valence-electron chi connectivity index (χ2n) is 4.35. The second kappa shape index (κ2) is 8.87. The molecule has 112 valence electrons. The third kappa shape index (κ3) is 5.06. The number of carbonyl (C=O) groups is 1. The number of rotatable bonds is 8. The fourth-order valence-corrected chi connectivity index (χ4v) is 2.59. The van der Waals surface area contributed by atoms with Crippen LogP contribution in [0.15, 0.2) is 23.1 Å². The zero-order chi connectivity index (χ0) is 15.0. The van der Waals surface area contributed by atoms with E-state index >= 15 is 0 Å². The number of esters is 1. The molecule has 0 saturated heterocycles. The summed E-state index contributed by atoms with van der Waals surface area (Å²) in [4.78, 5) is 15.1. The lowest BCUT2D eigenvalue weighted by Gasteiger charge is -2.17. The van der Waals surface area contributed by atoms with Crippen LogP contribution in [0.1, 0.15) is 31.1 Å². The molecule has 4 nitrogen and oxygen atoms in total. The van der Waals surface area contributed by atoms with Crippen molar-refractivity contribution in [3.8, 4) is 0 Å². The molecule has 5 heteroatoms. The van der Waals surface area contributed by atoms with E-state index in [0.29, 0.717) is 17.9 Å². The van der Waals surface area contributed by atoms with Gasteiger partial charge in [0.05, 0.1) is 5.56 Å². The molecule has 2 N–H and O–H groups in total. The quantitative estimate of drug-likeness (QED) is 0.454. The summed E-state index contributed by atoms with van der Waals surface area (Å²) in [5.41, 5.74) is 7.14. The van der Waals surface area contributed by atoms with Crippen molar-refractivity contribution in [1.29, 1.82) is 0 Å². The van der Waals surface area contributed by atoms with E-state index in [1.54, 1.807) is 23.9 Å². The third-order valence-corrected chi connectivity index (χ3v) is 4.04. The molecule has 0 fully saturated rings. The molecule has 0 heterocycles. The molecule has 0 bridgehead atoms. The second-order valence-corrected chi connectivity index (χ2v) is 5.65. The van der Waals surface area contributed by atoms with Gasteiger partial charge < -0.3 is 15.4 Å². The predicted molar refractivity (Wildman–Crippen MR) is 85.3 cm³/mol. The van der Waals surface area contributed by atoms with Gasteiger partial charge in [-0.2, -0.15) is 0 Å². The van der Waals surface area contributed by atoms with Crippen molar-refractivity contribution in [2.24, 2.45) is 0 Å². The Morgan fingerprint density at radius 3 is 2.60 bits per heavy atom. The van der Waals surface area contributed by atoms with Crippen LogP contribution in [0.5, 0.6) is 0 Å². The third-order valence-electron chi connectivity index (χ3n) is 3.08. The molecule has 20 heavy (non-hydrogen) atoms. The molecule has 0 spiro atoms. The van der Waals surface area contributed by atoms with Gasteiger partial charge in [0.2, 0.25) is 0 Å². The fourth-order valence-electron chi connectivity index (χ4n) is 1.83. The Morgan fingerprint density at radius 2 is 2.00 bits per heavy atom. The molecule has 0 amide bonds. The van der Waals surface area contributed by atoms with Gasteiger partial charge in [0.25, 0.3) is 0 Å². The van der Waals surface area contributed by atoms with Gasteiger partial charge >= 0.3 is 5.97 Å². The number of hydrogen-bond donors (Lipinski definition) is 1. The average molecular weight is 296 g/mol. The molecule has 0 unspecified atom stereocenters. The molecule has 0 saturated carbocycles. The minimum Gasteiger partial charge on any atom is -0.461 e. The fraction of sp³-hybridized carbons (Fsp3) is 0.533. The largest absolute Gasteiger partial charge is 0.461 e. The van der Waals surface area contributed by atoms with Crippen molar-refractivity contribution in [2.45, 2.75) is 25.7 Å². The molecule has 0 aliphatic rings. The number of likely N-dealkylation sites (N-methyl/N-ethyl adjacent to an activating group) is 1. The topological polar surface area (TPSA) is 55.6 Å². The summed E-state index contributed by atoms with van der Waals surface area (Å²) < 4.78 is 5.30. The summed E-state index contributed by atoms with van der Waals surface area (Å²) in [7, 11) is 0. The Hall–Kier alpha value is -1.20. The van der Waals surface area contributed by atoms with Crippen molar-refractivity contribution in [1.82, 2.24) is 4.90 Å². The SMILES string of the molecule is CCSc1cc(C(=O)OCCN(CC)CC)ccc1N. The van der Waals surface area contributed by atoms with Gasteiger partial charge in [-0.05, 0) is 37.0 Å². The minimum absolute atomic E-state index is 0.282. The maximum atomic E-state index is 12.0. The number of ether oxygens (including phenoxy) is 1. The number of hydrogen-bond acceptors (Lipinski definition) is 5. The summed E-state index contributed by atoms with van der Waals surface area (Å²) in [6.45, 7) is 9.37. The molecule has 1 aromatic rings. The van der Waals surface area contributed by atoms with Gasteiger partial charge in [-0.3, -0.25) is 0 Å². The molecule has 0 radical (unpaired) electrons. The molecule has 0 aromatic heterocycles. The molecule has 1 aromatic carbocycles. The Bertz CT molecular complexity index is 434. The van der Waals surface area contributed by atoms with Crippen molar-refractivity contribution < 1.29 is 9.53 Å². The first kappa shape index (κ1) is 16.9. The van der Waals surface area contributed by atoms with Crippen molar-refractivity contribution in [3.63, 3.8) is 0 Å². The molecular formula is C15H24N2O2S. The van der Waals surface area contributed by atoms with Gasteiger partial charge in [-0.25, -0.2) is 4.79 Å².